The van der Waals surface area contributed by atoms with Crippen LogP contribution in [-0.2, 0) is 6.42 Å². The summed E-state index contributed by atoms with van der Waals surface area (Å²) in [5.74, 6) is 0.177. The van der Waals surface area contributed by atoms with Gasteiger partial charge in [-0.1, -0.05) is 54.8 Å². The van der Waals surface area contributed by atoms with E-state index in [1.807, 2.05) is 24.3 Å². The van der Waals surface area contributed by atoms with Gasteiger partial charge in [0.1, 0.15) is 0 Å². The van der Waals surface area contributed by atoms with E-state index >= 15 is 0 Å². The van der Waals surface area contributed by atoms with Crippen molar-refractivity contribution in [2.24, 2.45) is 0 Å². The van der Waals surface area contributed by atoms with E-state index in [4.69, 9.17) is 11.6 Å². The first kappa shape index (κ1) is 14.6. The first-order chi connectivity index (χ1) is 10.2. The van der Waals surface area contributed by atoms with Gasteiger partial charge in [-0.15, -0.1) is 0 Å². The van der Waals surface area contributed by atoms with Crippen LogP contribution in [0.3, 0.4) is 0 Å². The maximum absolute atomic E-state index is 11.3. The van der Waals surface area contributed by atoms with Crippen molar-refractivity contribution in [3.63, 3.8) is 0 Å². The van der Waals surface area contributed by atoms with Crippen LogP contribution in [0.2, 0.25) is 5.02 Å². The van der Waals surface area contributed by atoms with E-state index in [0.717, 1.165) is 24.8 Å². The van der Waals surface area contributed by atoms with Crippen LogP contribution in [0.25, 0.3) is 0 Å². The third kappa shape index (κ3) is 3.12. The van der Waals surface area contributed by atoms with E-state index in [2.05, 4.69) is 17.1 Å². The number of hydrogen-bond acceptors (Lipinski definition) is 2. The predicted molar refractivity (Wildman–Crippen MR) is 85.6 cm³/mol. The first-order valence-corrected chi connectivity index (χ1v) is 7.92. The molecule has 2 nitrogen and oxygen atoms in total. The van der Waals surface area contributed by atoms with Crippen LogP contribution in [0.4, 0.5) is 0 Å². The fourth-order valence-corrected chi connectivity index (χ4v) is 3.66. The molecule has 0 bridgehead atoms. The predicted octanol–water partition coefficient (Wildman–Crippen LogP) is 4.37. The quantitative estimate of drug-likeness (QED) is 0.913. The van der Waals surface area contributed by atoms with Crippen molar-refractivity contribution in [1.29, 1.82) is 0 Å². The molecular weight excluding hydrogens is 282 g/mol. The number of aliphatic hydroxyl groups is 1. The lowest BCUT2D eigenvalue weighted by Crippen LogP contribution is -2.41. The Hall–Kier alpha value is -1.38. The van der Waals surface area contributed by atoms with Crippen LogP contribution in [0.5, 0.6) is 0 Å². The zero-order valence-corrected chi connectivity index (χ0v) is 12.8. The zero-order valence-electron chi connectivity index (χ0n) is 12.0. The average Bonchev–Trinajstić information content (AvgIpc) is 2.51. The van der Waals surface area contributed by atoms with Crippen LogP contribution in [0, 0.1) is 0 Å². The highest BCUT2D eigenvalue weighted by Crippen LogP contribution is 2.43. The number of benzene rings is 1. The van der Waals surface area contributed by atoms with Crippen LogP contribution in [0.15, 0.2) is 48.8 Å². The van der Waals surface area contributed by atoms with Crippen molar-refractivity contribution in [3.8, 4) is 0 Å². The topological polar surface area (TPSA) is 33.1 Å². The molecule has 0 spiro atoms. The van der Waals surface area contributed by atoms with Crippen molar-refractivity contribution in [2.45, 2.75) is 43.6 Å². The Labute approximate surface area is 130 Å². The average molecular weight is 302 g/mol. The second-order valence-corrected chi connectivity index (χ2v) is 6.36. The third-order valence-corrected chi connectivity index (χ3v) is 4.90. The molecule has 3 rings (SSSR count). The Morgan fingerprint density at radius 2 is 2.00 bits per heavy atom. The van der Waals surface area contributed by atoms with Crippen molar-refractivity contribution < 1.29 is 5.11 Å². The zero-order chi connectivity index (χ0) is 14.7. The Morgan fingerprint density at radius 3 is 2.76 bits per heavy atom. The van der Waals surface area contributed by atoms with Gasteiger partial charge < -0.3 is 5.11 Å². The van der Waals surface area contributed by atoms with E-state index in [-0.39, 0.29) is 5.92 Å². The van der Waals surface area contributed by atoms with E-state index in [1.165, 1.54) is 12.0 Å². The van der Waals surface area contributed by atoms with Crippen molar-refractivity contribution in [3.05, 3.63) is 64.9 Å². The molecule has 1 heterocycles. The Bertz CT molecular complexity index is 601. The van der Waals surface area contributed by atoms with E-state index in [1.54, 1.807) is 12.4 Å². The van der Waals surface area contributed by atoms with Gasteiger partial charge in [0.2, 0.25) is 0 Å². The minimum atomic E-state index is -0.718. The fraction of sp³-hybridized carbons (Fsp3) is 0.389. The lowest BCUT2D eigenvalue weighted by Gasteiger charge is -2.40. The summed E-state index contributed by atoms with van der Waals surface area (Å²) in [7, 11) is 0. The molecule has 3 heteroatoms. The van der Waals surface area contributed by atoms with E-state index in [0.29, 0.717) is 11.4 Å². The molecule has 0 aliphatic heterocycles. The van der Waals surface area contributed by atoms with E-state index in [9.17, 15) is 5.11 Å². The molecule has 1 aliphatic carbocycles. The smallest absolute Gasteiger partial charge is 0.0756 e. The summed E-state index contributed by atoms with van der Waals surface area (Å²) in [6.45, 7) is 0. The highest BCUT2D eigenvalue weighted by Gasteiger charge is 2.40. The molecule has 1 aromatic heterocycles. The van der Waals surface area contributed by atoms with Gasteiger partial charge in [-0.05, 0) is 30.0 Å². The number of halogens is 1. The number of nitrogens with zero attached hydrogens (tertiary/aromatic N) is 1. The molecule has 1 saturated carbocycles. The molecule has 0 radical (unpaired) electrons. The normalized spacial score (nSPS) is 25.7. The summed E-state index contributed by atoms with van der Waals surface area (Å²) < 4.78 is 0. The fourth-order valence-electron chi connectivity index (χ4n) is 3.47. The molecule has 0 amide bonds. The standard InChI is InChI=1S/C18H20ClNO/c19-17-13-20-11-9-15(17)12-18(21)10-5-4-8-16(18)14-6-2-1-3-7-14/h1-3,6-7,9,11,13,16,21H,4-5,8,10,12H2. The first-order valence-electron chi connectivity index (χ1n) is 7.55. The second-order valence-electron chi connectivity index (χ2n) is 5.96. The summed E-state index contributed by atoms with van der Waals surface area (Å²) in [6.07, 6.45) is 8.09. The SMILES string of the molecule is OC1(Cc2ccncc2Cl)CCCCC1c1ccccc1. The van der Waals surface area contributed by atoms with Gasteiger partial charge >= 0.3 is 0 Å². The highest BCUT2D eigenvalue weighted by molar-refractivity contribution is 6.31. The van der Waals surface area contributed by atoms with Gasteiger partial charge in [0.05, 0.1) is 10.6 Å². The van der Waals surface area contributed by atoms with Crippen molar-refractivity contribution in [1.82, 2.24) is 4.98 Å². The largest absolute Gasteiger partial charge is 0.389 e. The second kappa shape index (κ2) is 6.17. The Balaban J connectivity index is 1.91. The number of rotatable bonds is 3. The van der Waals surface area contributed by atoms with E-state index < -0.39 is 5.60 Å². The highest BCUT2D eigenvalue weighted by atomic mass is 35.5. The maximum Gasteiger partial charge on any atom is 0.0756 e. The minimum absolute atomic E-state index is 0.177. The Morgan fingerprint density at radius 1 is 1.19 bits per heavy atom. The summed E-state index contributed by atoms with van der Waals surface area (Å²) >= 11 is 6.23. The molecule has 1 N–H and O–H groups in total. The van der Waals surface area contributed by atoms with Gasteiger partial charge in [-0.3, -0.25) is 4.98 Å². The molecule has 1 aliphatic rings. The van der Waals surface area contributed by atoms with Crippen molar-refractivity contribution in [2.75, 3.05) is 0 Å². The summed E-state index contributed by atoms with van der Waals surface area (Å²) in [6, 6.07) is 12.3. The number of hydrogen-bond donors (Lipinski definition) is 1. The molecule has 2 unspecified atom stereocenters. The van der Waals surface area contributed by atoms with Gasteiger partial charge in [-0.2, -0.15) is 0 Å². The lowest BCUT2D eigenvalue weighted by atomic mass is 9.69. The van der Waals surface area contributed by atoms with Gasteiger partial charge in [0, 0.05) is 24.7 Å². The molecule has 2 atom stereocenters. The summed E-state index contributed by atoms with van der Waals surface area (Å²) in [5.41, 5.74) is 1.49. The van der Waals surface area contributed by atoms with Gasteiger partial charge in [-0.25, -0.2) is 0 Å². The van der Waals surface area contributed by atoms with Crippen LogP contribution in [-0.4, -0.2) is 15.7 Å². The maximum atomic E-state index is 11.3. The molecular formula is C18H20ClNO. The van der Waals surface area contributed by atoms with Gasteiger partial charge in [0.15, 0.2) is 0 Å². The molecule has 1 fully saturated rings. The molecule has 21 heavy (non-hydrogen) atoms. The number of pyridine rings is 1. The molecule has 2 aromatic rings. The van der Waals surface area contributed by atoms with Crippen molar-refractivity contribution >= 4 is 11.6 Å². The minimum Gasteiger partial charge on any atom is -0.389 e. The van der Waals surface area contributed by atoms with Crippen LogP contribution >= 0.6 is 11.6 Å². The summed E-state index contributed by atoms with van der Waals surface area (Å²) in [4.78, 5) is 4.02. The summed E-state index contributed by atoms with van der Waals surface area (Å²) in [5, 5.41) is 11.9. The molecule has 0 saturated heterocycles. The monoisotopic (exact) mass is 301 g/mol. The number of aromatic nitrogens is 1. The lowest BCUT2D eigenvalue weighted by molar-refractivity contribution is -0.0166. The molecule has 110 valence electrons. The van der Waals surface area contributed by atoms with Crippen LogP contribution < -0.4 is 0 Å². The Kier molecular flexibility index (Phi) is 4.27. The van der Waals surface area contributed by atoms with Crippen LogP contribution in [0.1, 0.15) is 42.7 Å². The third-order valence-electron chi connectivity index (χ3n) is 4.56. The molecule has 1 aromatic carbocycles. The van der Waals surface area contributed by atoms with Gasteiger partial charge in [0.25, 0.3) is 0 Å².